The van der Waals surface area contributed by atoms with Gasteiger partial charge in [0.15, 0.2) is 11.5 Å². The highest BCUT2D eigenvalue weighted by Crippen LogP contribution is 2.32. The number of anilines is 1. The number of rotatable bonds is 4. The van der Waals surface area contributed by atoms with E-state index in [4.69, 9.17) is 9.47 Å². The number of nitrogens with one attached hydrogen (secondary N) is 1. The third-order valence-electron chi connectivity index (χ3n) is 4.63. The smallest absolute Gasteiger partial charge is 0.255 e. The first kappa shape index (κ1) is 17.1. The number of carbonyl (C=O) groups excluding carboxylic acids is 2. The van der Waals surface area contributed by atoms with E-state index in [0.29, 0.717) is 22.7 Å². The minimum absolute atomic E-state index is 0.0387. The third-order valence-corrected chi connectivity index (χ3v) is 4.63. The van der Waals surface area contributed by atoms with E-state index in [0.717, 1.165) is 31.5 Å². The van der Waals surface area contributed by atoms with E-state index in [1.54, 1.807) is 30.3 Å². The topological polar surface area (TPSA) is 67.9 Å². The van der Waals surface area contributed by atoms with Crippen molar-refractivity contribution < 1.29 is 19.1 Å². The fraction of sp³-hybridized carbons (Fsp3) is 0.238. The van der Waals surface area contributed by atoms with Gasteiger partial charge in [-0.1, -0.05) is 18.2 Å². The molecule has 6 heteroatoms. The first-order chi connectivity index (χ1) is 13.2. The summed E-state index contributed by atoms with van der Waals surface area (Å²) in [6.07, 6.45) is 5.19. The van der Waals surface area contributed by atoms with Crippen molar-refractivity contribution in [2.24, 2.45) is 0 Å². The van der Waals surface area contributed by atoms with Crippen LogP contribution >= 0.6 is 0 Å². The Labute approximate surface area is 157 Å². The Kier molecular flexibility index (Phi) is 4.78. The first-order valence-electron chi connectivity index (χ1n) is 8.98. The molecule has 2 amide bonds. The number of amides is 2. The summed E-state index contributed by atoms with van der Waals surface area (Å²) in [4.78, 5) is 26.8. The van der Waals surface area contributed by atoms with Crippen LogP contribution in [0.3, 0.4) is 0 Å². The molecule has 2 aliphatic heterocycles. The van der Waals surface area contributed by atoms with Crippen molar-refractivity contribution in [3.8, 4) is 11.5 Å². The molecule has 0 aliphatic carbocycles. The second kappa shape index (κ2) is 7.53. The Morgan fingerprint density at radius 3 is 2.63 bits per heavy atom. The summed E-state index contributed by atoms with van der Waals surface area (Å²) in [5.74, 6) is 1.03. The van der Waals surface area contributed by atoms with Gasteiger partial charge in [-0.05, 0) is 48.7 Å². The highest BCUT2D eigenvalue weighted by atomic mass is 16.7. The van der Waals surface area contributed by atoms with Gasteiger partial charge in [-0.3, -0.25) is 9.59 Å². The summed E-state index contributed by atoms with van der Waals surface area (Å²) < 4.78 is 10.6. The van der Waals surface area contributed by atoms with Gasteiger partial charge in [0, 0.05) is 19.2 Å². The minimum atomic E-state index is -0.297. The fourth-order valence-corrected chi connectivity index (χ4v) is 3.23. The molecule has 0 spiro atoms. The Hall–Kier alpha value is -3.28. The average molecular weight is 364 g/mol. The SMILES string of the molecule is O=C(/C=C/c1ccc2c(c1)OCO2)Nc1ccccc1C(=O)N1CCCC1. The second-order valence-corrected chi connectivity index (χ2v) is 6.48. The van der Waals surface area contributed by atoms with Crippen molar-refractivity contribution in [3.05, 3.63) is 59.7 Å². The molecule has 1 fully saturated rings. The molecule has 0 radical (unpaired) electrons. The summed E-state index contributed by atoms with van der Waals surface area (Å²) in [5, 5.41) is 2.81. The van der Waals surface area contributed by atoms with Crippen LogP contribution in [0.4, 0.5) is 5.69 Å². The van der Waals surface area contributed by atoms with E-state index in [9.17, 15) is 9.59 Å². The molecule has 6 nitrogen and oxygen atoms in total. The largest absolute Gasteiger partial charge is 0.454 e. The van der Waals surface area contributed by atoms with Gasteiger partial charge in [-0.25, -0.2) is 0 Å². The molecule has 2 aromatic rings. The second-order valence-electron chi connectivity index (χ2n) is 6.48. The number of nitrogens with zero attached hydrogens (tertiary/aromatic N) is 1. The number of hydrogen-bond acceptors (Lipinski definition) is 4. The van der Waals surface area contributed by atoms with Gasteiger partial charge in [0.25, 0.3) is 5.91 Å². The van der Waals surface area contributed by atoms with Crippen LogP contribution in [0.2, 0.25) is 0 Å². The van der Waals surface area contributed by atoms with E-state index in [1.807, 2.05) is 23.1 Å². The molecular weight excluding hydrogens is 344 g/mol. The third kappa shape index (κ3) is 3.79. The molecule has 0 atom stereocenters. The number of likely N-dealkylation sites (tertiary alicyclic amines) is 1. The van der Waals surface area contributed by atoms with Crippen molar-refractivity contribution in [2.45, 2.75) is 12.8 Å². The van der Waals surface area contributed by atoms with Crippen molar-refractivity contribution in [1.82, 2.24) is 4.90 Å². The maximum Gasteiger partial charge on any atom is 0.255 e. The summed E-state index contributed by atoms with van der Waals surface area (Å²) in [5.41, 5.74) is 1.87. The van der Waals surface area contributed by atoms with Gasteiger partial charge in [0.05, 0.1) is 11.3 Å². The minimum Gasteiger partial charge on any atom is -0.454 e. The number of hydrogen-bond donors (Lipinski definition) is 1. The number of para-hydroxylation sites is 1. The molecule has 0 saturated carbocycles. The molecular formula is C21H20N2O4. The van der Waals surface area contributed by atoms with E-state index in [-0.39, 0.29) is 18.6 Å². The van der Waals surface area contributed by atoms with Crippen LogP contribution < -0.4 is 14.8 Å². The van der Waals surface area contributed by atoms with Crippen LogP contribution in [-0.4, -0.2) is 36.6 Å². The lowest BCUT2D eigenvalue weighted by Gasteiger charge is -2.17. The van der Waals surface area contributed by atoms with Crippen LogP contribution in [0.1, 0.15) is 28.8 Å². The lowest BCUT2D eigenvalue weighted by molar-refractivity contribution is -0.111. The van der Waals surface area contributed by atoms with E-state index >= 15 is 0 Å². The lowest BCUT2D eigenvalue weighted by atomic mass is 10.1. The lowest BCUT2D eigenvalue weighted by Crippen LogP contribution is -2.28. The van der Waals surface area contributed by atoms with Crippen molar-refractivity contribution in [1.29, 1.82) is 0 Å². The van der Waals surface area contributed by atoms with E-state index in [2.05, 4.69) is 5.32 Å². The highest BCUT2D eigenvalue weighted by Gasteiger charge is 2.22. The molecule has 1 saturated heterocycles. The number of benzene rings is 2. The number of carbonyl (C=O) groups is 2. The fourth-order valence-electron chi connectivity index (χ4n) is 3.23. The van der Waals surface area contributed by atoms with Gasteiger partial charge in [0.2, 0.25) is 12.7 Å². The van der Waals surface area contributed by atoms with E-state index < -0.39 is 0 Å². The maximum atomic E-state index is 12.7. The zero-order valence-corrected chi connectivity index (χ0v) is 14.8. The Bertz CT molecular complexity index is 901. The standard InChI is InChI=1S/C21H20N2O4/c24-20(10-8-15-7-9-18-19(13-15)27-14-26-18)22-17-6-2-1-5-16(17)21(25)23-11-3-4-12-23/h1-2,5-10,13H,3-4,11-12,14H2,(H,22,24)/b10-8+. The van der Waals surface area contributed by atoms with Crippen LogP contribution in [0, 0.1) is 0 Å². The molecule has 2 aromatic carbocycles. The summed E-state index contributed by atoms with van der Waals surface area (Å²) in [6.45, 7) is 1.75. The predicted molar refractivity (Wildman–Crippen MR) is 102 cm³/mol. The summed E-state index contributed by atoms with van der Waals surface area (Å²) in [7, 11) is 0. The van der Waals surface area contributed by atoms with Gasteiger partial charge in [-0.15, -0.1) is 0 Å². The maximum absolute atomic E-state index is 12.7. The molecule has 0 unspecified atom stereocenters. The van der Waals surface area contributed by atoms with Crippen LogP contribution in [0.15, 0.2) is 48.5 Å². The number of fused-ring (bicyclic) bond motifs is 1. The van der Waals surface area contributed by atoms with Crippen molar-refractivity contribution in [3.63, 3.8) is 0 Å². The van der Waals surface area contributed by atoms with Gasteiger partial charge in [-0.2, -0.15) is 0 Å². The quantitative estimate of drug-likeness (QED) is 0.846. The predicted octanol–water partition coefficient (Wildman–Crippen LogP) is 3.30. The number of ether oxygens (including phenoxy) is 2. The molecule has 1 N–H and O–H groups in total. The molecule has 2 aliphatic rings. The highest BCUT2D eigenvalue weighted by molar-refractivity contribution is 6.07. The van der Waals surface area contributed by atoms with Gasteiger partial charge < -0.3 is 19.7 Å². The van der Waals surface area contributed by atoms with Crippen molar-refractivity contribution >= 4 is 23.6 Å². The normalized spacial score (nSPS) is 15.3. The average Bonchev–Trinajstić information content (AvgIpc) is 3.37. The van der Waals surface area contributed by atoms with Crippen molar-refractivity contribution in [2.75, 3.05) is 25.2 Å². The first-order valence-corrected chi connectivity index (χ1v) is 8.98. The summed E-state index contributed by atoms with van der Waals surface area (Å²) >= 11 is 0. The molecule has 138 valence electrons. The molecule has 0 bridgehead atoms. The van der Waals surface area contributed by atoms with Gasteiger partial charge in [0.1, 0.15) is 0 Å². The van der Waals surface area contributed by atoms with Crippen LogP contribution in [0.25, 0.3) is 6.08 Å². The molecule has 2 heterocycles. The van der Waals surface area contributed by atoms with Crippen LogP contribution in [0.5, 0.6) is 11.5 Å². The van der Waals surface area contributed by atoms with Gasteiger partial charge >= 0.3 is 0 Å². The Balaban J connectivity index is 1.46. The van der Waals surface area contributed by atoms with E-state index in [1.165, 1.54) is 6.08 Å². The summed E-state index contributed by atoms with van der Waals surface area (Å²) in [6, 6.07) is 12.6. The van der Waals surface area contributed by atoms with Crippen LogP contribution in [-0.2, 0) is 4.79 Å². The molecule has 0 aromatic heterocycles. The zero-order chi connectivity index (χ0) is 18.6. The molecule has 4 rings (SSSR count). The molecule has 27 heavy (non-hydrogen) atoms. The monoisotopic (exact) mass is 364 g/mol. The zero-order valence-electron chi connectivity index (χ0n) is 14.8. The Morgan fingerprint density at radius 2 is 1.78 bits per heavy atom. The Morgan fingerprint density at radius 1 is 1.00 bits per heavy atom.